The molecule has 0 aliphatic rings. The summed E-state index contributed by atoms with van der Waals surface area (Å²) in [5.41, 5.74) is 15.0. The van der Waals surface area contributed by atoms with Crippen molar-refractivity contribution in [3.63, 3.8) is 0 Å². The third-order valence-corrected chi connectivity index (χ3v) is 17.8. The van der Waals surface area contributed by atoms with E-state index in [2.05, 4.69) is 303 Å². The Morgan fingerprint density at radius 1 is 0.122 bits per heavy atom. The van der Waals surface area contributed by atoms with Crippen LogP contribution >= 0.6 is 0 Å². The van der Waals surface area contributed by atoms with Gasteiger partial charge in [-0.15, -0.1) is 0 Å². The van der Waals surface area contributed by atoms with Gasteiger partial charge in [-0.3, -0.25) is 0 Å². The Bertz CT molecular complexity index is 5350. The minimum atomic E-state index is 1.21. The molecule has 0 heteroatoms. The molecule has 0 amide bonds. The van der Waals surface area contributed by atoms with E-state index in [1.807, 2.05) is 0 Å². The van der Waals surface area contributed by atoms with Gasteiger partial charge in [-0.05, 0) is 193 Å². The zero-order valence-corrected chi connectivity index (χ0v) is 44.9. The van der Waals surface area contributed by atoms with Gasteiger partial charge in [0.25, 0.3) is 0 Å². The average Bonchev–Trinajstić information content (AvgIpc) is 3.46. The van der Waals surface area contributed by atoms with E-state index in [-0.39, 0.29) is 0 Å². The van der Waals surface area contributed by atoms with E-state index in [0.29, 0.717) is 0 Å². The van der Waals surface area contributed by atoms with Gasteiger partial charge in [-0.1, -0.05) is 285 Å². The number of fused-ring (bicyclic) bond motifs is 10. The first-order chi connectivity index (χ1) is 40.7. The van der Waals surface area contributed by atoms with Crippen molar-refractivity contribution in [2.45, 2.75) is 0 Å². The molecule has 0 fully saturated rings. The summed E-state index contributed by atoms with van der Waals surface area (Å²) in [6, 6.07) is 113. The van der Waals surface area contributed by atoms with Crippen LogP contribution in [0.5, 0.6) is 0 Å². The topological polar surface area (TPSA) is 0 Å². The van der Waals surface area contributed by atoms with Gasteiger partial charge in [0.05, 0.1) is 0 Å². The highest BCUT2D eigenvalue weighted by atomic mass is 14.3. The highest BCUT2D eigenvalue weighted by Crippen LogP contribution is 2.50. The van der Waals surface area contributed by atoms with Crippen LogP contribution in [0.1, 0.15) is 0 Å². The van der Waals surface area contributed by atoms with E-state index in [1.54, 1.807) is 0 Å². The molecule has 0 bridgehead atoms. The first kappa shape index (κ1) is 46.3. The van der Waals surface area contributed by atoms with E-state index in [4.69, 9.17) is 0 Å². The minimum absolute atomic E-state index is 1.21. The van der Waals surface area contributed by atoms with Crippen LogP contribution in [0, 0.1) is 0 Å². The normalized spacial score (nSPS) is 11.9. The lowest BCUT2D eigenvalue weighted by Gasteiger charge is -2.21. The lowest BCUT2D eigenvalue weighted by Crippen LogP contribution is -1.93. The van der Waals surface area contributed by atoms with Gasteiger partial charge in [-0.25, -0.2) is 0 Å². The van der Waals surface area contributed by atoms with Crippen molar-refractivity contribution < 1.29 is 0 Å². The molecule has 0 aromatic heterocycles. The zero-order chi connectivity index (χ0) is 53.8. The molecule has 0 unspecified atom stereocenters. The predicted octanol–water partition coefficient (Wildman–Crippen LogP) is 23.2. The molecule has 0 saturated carbocycles. The highest BCUT2D eigenvalue weighted by molar-refractivity contribution is 6.28. The molecule has 0 saturated heterocycles. The van der Waals surface area contributed by atoms with Crippen LogP contribution in [0.2, 0.25) is 0 Å². The SMILES string of the molecule is c1ccc2cc(-c3c4ccccc4c(-c4cccc5cc(-c6c7ccccc7c(-c7cccc8cc(-c9c%10ccccc%10c(-c%10cccc%11ccccc%10%11)c%10ccccc9%10)ccc78)c7ccccc67)ccc45)c4ccccc34)ccc2c1. The molecule has 0 spiro atoms. The number of hydrogen-bond acceptors (Lipinski definition) is 0. The van der Waals surface area contributed by atoms with Gasteiger partial charge in [0.1, 0.15) is 0 Å². The molecule has 0 radical (unpaired) electrons. The first-order valence-electron chi connectivity index (χ1n) is 28.6. The lowest BCUT2D eigenvalue weighted by atomic mass is 9.82. The summed E-state index contributed by atoms with van der Waals surface area (Å²) in [5.74, 6) is 0. The van der Waals surface area contributed by atoms with Crippen molar-refractivity contribution >= 4 is 108 Å². The smallest absolute Gasteiger partial charge is 0.00201 e. The maximum Gasteiger partial charge on any atom is -0.00201 e. The summed E-state index contributed by atoms with van der Waals surface area (Å²) in [4.78, 5) is 0. The molecule has 17 rings (SSSR count). The second-order valence-corrected chi connectivity index (χ2v) is 22.1. The molecular weight excluding hydrogens is 985 g/mol. The minimum Gasteiger partial charge on any atom is -0.0616 e. The Morgan fingerprint density at radius 2 is 0.354 bits per heavy atom. The van der Waals surface area contributed by atoms with Crippen molar-refractivity contribution in [2.24, 2.45) is 0 Å². The molecule has 0 nitrogen and oxygen atoms in total. The van der Waals surface area contributed by atoms with Crippen LogP contribution in [0.4, 0.5) is 0 Å². The molecule has 0 heterocycles. The van der Waals surface area contributed by atoms with Gasteiger partial charge < -0.3 is 0 Å². The summed E-state index contributed by atoms with van der Waals surface area (Å²) in [7, 11) is 0. The number of benzene rings is 17. The second kappa shape index (κ2) is 18.5. The Kier molecular flexibility index (Phi) is 10.4. The summed E-state index contributed by atoms with van der Waals surface area (Å²) in [6.45, 7) is 0. The summed E-state index contributed by atoms with van der Waals surface area (Å²) >= 11 is 0. The van der Waals surface area contributed by atoms with Gasteiger partial charge in [-0.2, -0.15) is 0 Å². The molecule has 0 aliphatic carbocycles. The van der Waals surface area contributed by atoms with Crippen molar-refractivity contribution in [2.75, 3.05) is 0 Å². The molecule has 17 aromatic rings. The van der Waals surface area contributed by atoms with Crippen molar-refractivity contribution in [3.8, 4) is 66.8 Å². The predicted molar refractivity (Wildman–Crippen MR) is 354 cm³/mol. The van der Waals surface area contributed by atoms with Gasteiger partial charge in [0, 0.05) is 0 Å². The number of rotatable bonds is 6. The van der Waals surface area contributed by atoms with Gasteiger partial charge in [0.2, 0.25) is 0 Å². The molecule has 82 heavy (non-hydrogen) atoms. The van der Waals surface area contributed by atoms with Crippen LogP contribution in [-0.4, -0.2) is 0 Å². The van der Waals surface area contributed by atoms with Crippen molar-refractivity contribution in [1.29, 1.82) is 0 Å². The molecule has 0 N–H and O–H groups in total. The third kappa shape index (κ3) is 7.05. The monoisotopic (exact) mass is 1030 g/mol. The van der Waals surface area contributed by atoms with Gasteiger partial charge in [0.15, 0.2) is 0 Å². The Labute approximate surface area is 475 Å². The van der Waals surface area contributed by atoms with Gasteiger partial charge >= 0.3 is 0 Å². The molecule has 0 atom stereocenters. The average molecular weight is 1040 g/mol. The second-order valence-electron chi connectivity index (χ2n) is 22.1. The first-order valence-corrected chi connectivity index (χ1v) is 28.6. The molecule has 378 valence electrons. The summed E-state index contributed by atoms with van der Waals surface area (Å²) < 4.78 is 0. The van der Waals surface area contributed by atoms with E-state index >= 15 is 0 Å². The van der Waals surface area contributed by atoms with E-state index in [9.17, 15) is 0 Å². The van der Waals surface area contributed by atoms with Crippen LogP contribution in [0.3, 0.4) is 0 Å². The molecular formula is C82H50. The van der Waals surface area contributed by atoms with Crippen molar-refractivity contribution in [3.05, 3.63) is 303 Å². The van der Waals surface area contributed by atoms with Crippen molar-refractivity contribution in [1.82, 2.24) is 0 Å². The quantitative estimate of drug-likeness (QED) is 0.146. The standard InChI is InChI=1S/C82H50/c1-2-22-53-48-56(43-42-51(53)20-1)77-65-27-5-13-35-73(65)81(74-36-14-6-28-66(74)77)63-40-18-24-55-50-58(45-47-60(55)63)79-69-31-9-15-37-75(69)82(76-38-16-10-32-70(76)79)64-41-19-25-54-49-57(44-46-61(54)64)78-67-29-7-11-33-71(67)80(72-34-12-8-30-68(72)78)62-39-17-23-52-21-3-4-26-59(52)62/h1-50H. The van der Waals surface area contributed by atoms with E-state index in [1.165, 1.54) is 174 Å². The number of hydrogen-bond donors (Lipinski definition) is 0. The molecule has 17 aromatic carbocycles. The summed E-state index contributed by atoms with van der Waals surface area (Å²) in [6.07, 6.45) is 0. The fourth-order valence-electron chi connectivity index (χ4n) is 14.3. The van der Waals surface area contributed by atoms with E-state index in [0.717, 1.165) is 0 Å². The Balaban J connectivity index is 0.821. The zero-order valence-electron chi connectivity index (χ0n) is 44.9. The molecule has 0 aliphatic heterocycles. The third-order valence-electron chi connectivity index (χ3n) is 17.8. The highest BCUT2D eigenvalue weighted by Gasteiger charge is 2.23. The Morgan fingerprint density at radius 3 is 0.707 bits per heavy atom. The largest absolute Gasteiger partial charge is 0.0616 e. The lowest BCUT2D eigenvalue weighted by molar-refractivity contribution is 1.67. The van der Waals surface area contributed by atoms with Crippen LogP contribution in [-0.2, 0) is 0 Å². The fourth-order valence-corrected chi connectivity index (χ4v) is 14.3. The maximum absolute atomic E-state index is 2.43. The van der Waals surface area contributed by atoms with E-state index < -0.39 is 0 Å². The van der Waals surface area contributed by atoms with Crippen LogP contribution in [0.25, 0.3) is 174 Å². The summed E-state index contributed by atoms with van der Waals surface area (Å²) in [5, 5.41) is 25.0. The van der Waals surface area contributed by atoms with Crippen LogP contribution < -0.4 is 0 Å². The fraction of sp³-hybridized carbons (Fsp3) is 0. The maximum atomic E-state index is 2.43. The Hall–Kier alpha value is -10.7. The van der Waals surface area contributed by atoms with Crippen LogP contribution in [0.15, 0.2) is 303 Å².